The van der Waals surface area contributed by atoms with Gasteiger partial charge in [-0.15, -0.1) is 0 Å². The van der Waals surface area contributed by atoms with Gasteiger partial charge >= 0.3 is 11.7 Å². The lowest BCUT2D eigenvalue weighted by Gasteiger charge is -2.01. The van der Waals surface area contributed by atoms with Crippen molar-refractivity contribution in [3.8, 4) is 0 Å². The van der Waals surface area contributed by atoms with Gasteiger partial charge in [-0.25, -0.2) is 9.59 Å². The van der Waals surface area contributed by atoms with Crippen molar-refractivity contribution in [2.24, 2.45) is 0 Å². The lowest BCUT2D eigenvalue weighted by atomic mass is 10.4. The Hall–Kier alpha value is -1.52. The maximum atomic E-state index is 11.0. The molecule has 0 unspecified atom stereocenters. The number of rotatable bonds is 2. The lowest BCUT2D eigenvalue weighted by molar-refractivity contribution is 0.0691. The Morgan fingerprint density at radius 2 is 2.25 bits per heavy atom. The van der Waals surface area contributed by atoms with E-state index in [9.17, 15) is 9.59 Å². The maximum Gasteiger partial charge on any atom is 0.353 e. The normalized spacial score (nSPS) is 10.6. The Morgan fingerprint density at radius 3 is 2.50 bits per heavy atom. The van der Waals surface area contributed by atoms with Gasteiger partial charge in [0.2, 0.25) is 0 Å². The molecule has 0 aliphatic carbocycles. The van der Waals surface area contributed by atoms with E-state index in [1.165, 1.54) is 10.8 Å². The molecule has 0 aromatic carbocycles. The minimum Gasteiger partial charge on any atom is -0.477 e. The summed E-state index contributed by atoms with van der Waals surface area (Å²) in [6.45, 7) is 3.61. The van der Waals surface area contributed by atoms with Gasteiger partial charge in [-0.1, -0.05) is 0 Å². The number of aromatic amines is 1. The van der Waals surface area contributed by atoms with Crippen LogP contribution in [0.2, 0.25) is 0 Å². The van der Waals surface area contributed by atoms with E-state index in [0.717, 1.165) is 0 Å². The first kappa shape index (κ1) is 8.58. The molecular weight excluding hydrogens is 160 g/mol. The summed E-state index contributed by atoms with van der Waals surface area (Å²) in [5.41, 5.74) is -0.462. The zero-order chi connectivity index (χ0) is 9.30. The monoisotopic (exact) mass is 170 g/mol. The summed E-state index contributed by atoms with van der Waals surface area (Å²) in [5, 5.41) is 8.52. The van der Waals surface area contributed by atoms with Crippen LogP contribution in [0.25, 0.3) is 0 Å². The van der Waals surface area contributed by atoms with Crippen molar-refractivity contribution >= 4 is 5.97 Å². The van der Waals surface area contributed by atoms with Crippen molar-refractivity contribution in [1.29, 1.82) is 0 Å². The Bertz CT molecular complexity index is 348. The van der Waals surface area contributed by atoms with E-state index in [-0.39, 0.29) is 17.4 Å². The summed E-state index contributed by atoms with van der Waals surface area (Å²) < 4.78 is 1.34. The molecule has 0 atom stereocenters. The molecule has 0 aliphatic rings. The molecule has 5 nitrogen and oxygen atoms in total. The molecule has 1 aromatic rings. The first-order chi connectivity index (χ1) is 5.52. The van der Waals surface area contributed by atoms with Crippen LogP contribution < -0.4 is 5.69 Å². The average molecular weight is 170 g/mol. The number of aromatic carboxylic acids is 1. The molecule has 1 rings (SSSR count). The molecule has 12 heavy (non-hydrogen) atoms. The van der Waals surface area contributed by atoms with Crippen molar-refractivity contribution < 1.29 is 9.90 Å². The quantitative estimate of drug-likeness (QED) is 0.676. The van der Waals surface area contributed by atoms with Gasteiger partial charge in [0, 0.05) is 12.2 Å². The van der Waals surface area contributed by atoms with Crippen molar-refractivity contribution in [3.05, 3.63) is 22.4 Å². The number of carboxylic acid groups (broad SMARTS) is 1. The van der Waals surface area contributed by atoms with Crippen molar-refractivity contribution in [3.63, 3.8) is 0 Å². The second kappa shape index (κ2) is 2.84. The molecule has 0 saturated carbocycles. The minimum atomic E-state index is -1.12. The molecule has 0 fully saturated rings. The van der Waals surface area contributed by atoms with E-state index in [1.807, 2.05) is 0 Å². The molecule has 1 aromatic heterocycles. The number of carboxylic acids is 1. The predicted molar refractivity (Wildman–Crippen MR) is 42.4 cm³/mol. The molecule has 1 heterocycles. The molecule has 66 valence electrons. The summed E-state index contributed by atoms with van der Waals surface area (Å²) in [7, 11) is 0. The van der Waals surface area contributed by atoms with E-state index in [2.05, 4.69) is 4.98 Å². The van der Waals surface area contributed by atoms with Gasteiger partial charge in [-0.3, -0.25) is 4.57 Å². The fraction of sp³-hybridized carbons (Fsp3) is 0.429. The molecular formula is C7H10N2O3. The Morgan fingerprint density at radius 1 is 1.67 bits per heavy atom. The number of aromatic nitrogens is 2. The first-order valence-corrected chi connectivity index (χ1v) is 3.57. The summed E-state index contributed by atoms with van der Waals surface area (Å²) >= 11 is 0. The van der Waals surface area contributed by atoms with Crippen molar-refractivity contribution in [2.75, 3.05) is 0 Å². The molecule has 0 bridgehead atoms. The van der Waals surface area contributed by atoms with Gasteiger partial charge in [0.15, 0.2) is 0 Å². The van der Waals surface area contributed by atoms with Gasteiger partial charge in [-0.05, 0) is 13.8 Å². The van der Waals surface area contributed by atoms with Crippen LogP contribution in [0.5, 0.6) is 0 Å². The van der Waals surface area contributed by atoms with Crippen LogP contribution in [0, 0.1) is 0 Å². The van der Waals surface area contributed by atoms with Gasteiger partial charge in [0.25, 0.3) is 0 Å². The van der Waals surface area contributed by atoms with E-state index in [4.69, 9.17) is 5.11 Å². The fourth-order valence-electron chi connectivity index (χ4n) is 0.902. The standard InChI is InChI=1S/C7H10N2O3/c1-4(2)9-3-5(6(10)11)8-7(9)12/h3-4H,1-2H3,(H,8,12)(H,10,11). The fourth-order valence-corrected chi connectivity index (χ4v) is 0.902. The van der Waals surface area contributed by atoms with Gasteiger partial charge in [0.1, 0.15) is 5.69 Å². The smallest absolute Gasteiger partial charge is 0.353 e. The van der Waals surface area contributed by atoms with E-state index in [0.29, 0.717) is 0 Å². The van der Waals surface area contributed by atoms with E-state index < -0.39 is 5.97 Å². The highest BCUT2D eigenvalue weighted by Crippen LogP contribution is 2.00. The third kappa shape index (κ3) is 1.39. The second-order valence-electron chi connectivity index (χ2n) is 2.78. The molecule has 0 saturated heterocycles. The molecule has 5 heteroatoms. The Kier molecular flexibility index (Phi) is 2.03. The topological polar surface area (TPSA) is 75.1 Å². The molecule has 2 N–H and O–H groups in total. The van der Waals surface area contributed by atoms with Crippen molar-refractivity contribution in [1.82, 2.24) is 9.55 Å². The van der Waals surface area contributed by atoms with Gasteiger partial charge < -0.3 is 10.1 Å². The highest BCUT2D eigenvalue weighted by Gasteiger charge is 2.10. The first-order valence-electron chi connectivity index (χ1n) is 3.57. The van der Waals surface area contributed by atoms with Gasteiger partial charge in [-0.2, -0.15) is 0 Å². The number of H-pyrrole nitrogens is 1. The van der Waals surface area contributed by atoms with Crippen molar-refractivity contribution in [2.45, 2.75) is 19.9 Å². The Balaban J connectivity index is 3.18. The van der Waals surface area contributed by atoms with Crippen LogP contribution in [-0.4, -0.2) is 20.6 Å². The predicted octanol–water partition coefficient (Wildman–Crippen LogP) is 0.456. The molecule has 0 spiro atoms. The number of nitrogens with zero attached hydrogens (tertiary/aromatic N) is 1. The number of hydrogen-bond donors (Lipinski definition) is 2. The minimum absolute atomic E-state index is 0.0261. The molecule has 0 aliphatic heterocycles. The number of carbonyl (C=O) groups is 1. The molecule has 0 radical (unpaired) electrons. The second-order valence-corrected chi connectivity index (χ2v) is 2.78. The highest BCUT2D eigenvalue weighted by atomic mass is 16.4. The van der Waals surface area contributed by atoms with Crippen LogP contribution in [0.1, 0.15) is 30.4 Å². The zero-order valence-electron chi connectivity index (χ0n) is 6.87. The van der Waals surface area contributed by atoms with Crippen LogP contribution in [0.3, 0.4) is 0 Å². The van der Waals surface area contributed by atoms with Crippen LogP contribution in [0.4, 0.5) is 0 Å². The zero-order valence-corrected chi connectivity index (χ0v) is 6.87. The number of hydrogen-bond acceptors (Lipinski definition) is 2. The van der Waals surface area contributed by atoms with E-state index in [1.54, 1.807) is 13.8 Å². The highest BCUT2D eigenvalue weighted by molar-refractivity contribution is 5.84. The van der Waals surface area contributed by atoms with Crippen LogP contribution in [-0.2, 0) is 0 Å². The van der Waals surface area contributed by atoms with Crippen LogP contribution in [0.15, 0.2) is 11.0 Å². The van der Waals surface area contributed by atoms with E-state index >= 15 is 0 Å². The molecule has 0 amide bonds. The SMILES string of the molecule is CC(C)n1cc(C(=O)O)[nH]c1=O. The summed E-state index contributed by atoms with van der Waals surface area (Å²) in [6, 6.07) is -0.0261. The third-order valence-electron chi connectivity index (χ3n) is 1.53. The van der Waals surface area contributed by atoms with Crippen LogP contribution >= 0.6 is 0 Å². The average Bonchev–Trinajstić information content (AvgIpc) is 2.30. The summed E-state index contributed by atoms with van der Waals surface area (Å²) in [5.74, 6) is -1.12. The van der Waals surface area contributed by atoms with Gasteiger partial charge in [0.05, 0.1) is 0 Å². The Labute approximate surface area is 68.6 Å². The number of imidazole rings is 1. The largest absolute Gasteiger partial charge is 0.477 e. The third-order valence-corrected chi connectivity index (χ3v) is 1.53. The summed E-state index contributed by atoms with van der Waals surface area (Å²) in [6.07, 6.45) is 1.30. The maximum absolute atomic E-state index is 11.0. The number of nitrogens with one attached hydrogen (secondary N) is 1. The lowest BCUT2D eigenvalue weighted by Crippen LogP contribution is -2.17. The summed E-state index contributed by atoms with van der Waals surface area (Å²) in [4.78, 5) is 23.7.